The van der Waals surface area contributed by atoms with Crippen molar-refractivity contribution < 1.29 is 9.18 Å². The highest BCUT2D eigenvalue weighted by Gasteiger charge is 2.37. The fourth-order valence-electron chi connectivity index (χ4n) is 2.68. The number of carbonyl (C=O) groups excluding carboxylic acids is 1. The molecule has 1 unspecified atom stereocenters. The van der Waals surface area contributed by atoms with E-state index in [0.717, 1.165) is 11.1 Å². The molecule has 1 fully saturated rings. The molecule has 0 radical (unpaired) electrons. The summed E-state index contributed by atoms with van der Waals surface area (Å²) in [5, 5.41) is 4.70. The molecule has 1 heterocycles. The van der Waals surface area contributed by atoms with Crippen LogP contribution in [0.15, 0.2) is 78.9 Å². The molecule has 3 rings (SSSR count). The standard InChI is InChI=1S/C21H20FN3OS/c1-3-13-25-20(26)19(14-16-7-5-4-6-8-16)27-21(25)24-23-15(2)17-9-11-18(22)12-10-17/h3-12,19,23H,1-2,13-14H2. The Kier molecular flexibility index (Phi) is 6.08. The SMILES string of the molecule is C=CCN1C(=O)C(Cc2ccccc2)SC1=NNC(=C)c1ccc(F)cc1. The lowest BCUT2D eigenvalue weighted by Crippen LogP contribution is -2.33. The number of rotatable bonds is 7. The molecular weight excluding hydrogens is 361 g/mol. The third-order valence-corrected chi connectivity index (χ3v) is 5.25. The Morgan fingerprint density at radius 2 is 1.93 bits per heavy atom. The minimum atomic E-state index is -0.310. The van der Waals surface area contributed by atoms with E-state index in [1.54, 1.807) is 23.1 Å². The van der Waals surface area contributed by atoms with E-state index in [0.29, 0.717) is 23.8 Å². The molecule has 0 aliphatic carbocycles. The molecule has 6 heteroatoms. The van der Waals surface area contributed by atoms with Gasteiger partial charge in [0.15, 0.2) is 5.17 Å². The van der Waals surface area contributed by atoms with Crippen LogP contribution in [0.2, 0.25) is 0 Å². The predicted octanol–water partition coefficient (Wildman–Crippen LogP) is 4.03. The van der Waals surface area contributed by atoms with Gasteiger partial charge in [-0.25, -0.2) is 4.39 Å². The second-order valence-corrected chi connectivity index (χ2v) is 7.20. The lowest BCUT2D eigenvalue weighted by atomic mass is 10.1. The van der Waals surface area contributed by atoms with E-state index in [4.69, 9.17) is 0 Å². The Morgan fingerprint density at radius 3 is 2.59 bits per heavy atom. The molecular formula is C21H20FN3OS. The number of carbonyl (C=O) groups is 1. The highest BCUT2D eigenvalue weighted by Crippen LogP contribution is 2.29. The summed E-state index contributed by atoms with van der Waals surface area (Å²) in [4.78, 5) is 14.4. The topological polar surface area (TPSA) is 44.7 Å². The van der Waals surface area contributed by atoms with Crippen LogP contribution in [0.3, 0.4) is 0 Å². The van der Waals surface area contributed by atoms with Gasteiger partial charge < -0.3 is 0 Å². The summed E-state index contributed by atoms with van der Waals surface area (Å²) in [5.74, 6) is -0.299. The Hall–Kier alpha value is -2.86. The lowest BCUT2D eigenvalue weighted by Gasteiger charge is -2.14. The normalized spacial score (nSPS) is 18.0. The number of benzene rings is 2. The summed E-state index contributed by atoms with van der Waals surface area (Å²) in [6.45, 7) is 8.03. The number of hydrogen-bond donors (Lipinski definition) is 1. The van der Waals surface area contributed by atoms with E-state index in [9.17, 15) is 9.18 Å². The first kappa shape index (κ1) is 18.9. The van der Waals surface area contributed by atoms with Gasteiger partial charge in [0, 0.05) is 6.54 Å². The van der Waals surface area contributed by atoms with Crippen molar-refractivity contribution in [1.29, 1.82) is 0 Å². The highest BCUT2D eigenvalue weighted by atomic mass is 32.2. The van der Waals surface area contributed by atoms with Crippen LogP contribution < -0.4 is 5.43 Å². The number of amides is 1. The van der Waals surface area contributed by atoms with Gasteiger partial charge in [-0.2, -0.15) is 0 Å². The van der Waals surface area contributed by atoms with Crippen LogP contribution >= 0.6 is 11.8 Å². The summed E-state index contributed by atoms with van der Waals surface area (Å²) in [6.07, 6.45) is 2.31. The Labute approximate surface area is 162 Å². The first-order chi connectivity index (χ1) is 13.1. The van der Waals surface area contributed by atoms with Crippen LogP contribution in [-0.2, 0) is 11.2 Å². The molecule has 2 aromatic carbocycles. The highest BCUT2D eigenvalue weighted by molar-refractivity contribution is 8.15. The van der Waals surface area contributed by atoms with Gasteiger partial charge in [-0.1, -0.05) is 54.7 Å². The van der Waals surface area contributed by atoms with Crippen molar-refractivity contribution in [2.75, 3.05) is 6.54 Å². The molecule has 0 bridgehead atoms. The molecule has 1 amide bonds. The molecule has 1 aliphatic heterocycles. The van der Waals surface area contributed by atoms with Crippen LogP contribution in [0, 0.1) is 5.82 Å². The minimum absolute atomic E-state index is 0.0108. The number of thioether (sulfide) groups is 1. The molecule has 1 N–H and O–H groups in total. The number of hydrazone groups is 1. The molecule has 0 spiro atoms. The van der Waals surface area contributed by atoms with Gasteiger partial charge in [0.1, 0.15) is 5.82 Å². The van der Waals surface area contributed by atoms with Crippen LogP contribution in [0.4, 0.5) is 4.39 Å². The third-order valence-electron chi connectivity index (χ3n) is 4.07. The number of halogens is 1. The molecule has 138 valence electrons. The molecule has 4 nitrogen and oxygen atoms in total. The van der Waals surface area contributed by atoms with Crippen molar-refractivity contribution in [3.8, 4) is 0 Å². The zero-order valence-electron chi connectivity index (χ0n) is 14.8. The van der Waals surface area contributed by atoms with Gasteiger partial charge in [-0.3, -0.25) is 15.1 Å². The maximum atomic E-state index is 13.0. The Balaban J connectivity index is 1.73. The maximum absolute atomic E-state index is 13.0. The van der Waals surface area contributed by atoms with Crippen LogP contribution in [-0.4, -0.2) is 27.8 Å². The molecule has 1 aliphatic rings. The van der Waals surface area contributed by atoms with Gasteiger partial charge in [0.2, 0.25) is 5.91 Å². The smallest absolute Gasteiger partial charge is 0.242 e. The van der Waals surface area contributed by atoms with Gasteiger partial charge in [0.05, 0.1) is 10.9 Å². The summed E-state index contributed by atoms with van der Waals surface area (Å²) in [6, 6.07) is 15.9. The number of amidine groups is 1. The first-order valence-corrected chi connectivity index (χ1v) is 9.38. The molecule has 0 saturated carbocycles. The van der Waals surface area contributed by atoms with E-state index in [-0.39, 0.29) is 17.0 Å². The van der Waals surface area contributed by atoms with Gasteiger partial charge in [-0.05, 0) is 41.8 Å². The van der Waals surface area contributed by atoms with Crippen LogP contribution in [0.5, 0.6) is 0 Å². The quantitative estimate of drug-likeness (QED) is 0.582. The van der Waals surface area contributed by atoms with Crippen molar-refractivity contribution in [2.45, 2.75) is 11.7 Å². The molecule has 27 heavy (non-hydrogen) atoms. The van der Waals surface area contributed by atoms with E-state index < -0.39 is 0 Å². The lowest BCUT2D eigenvalue weighted by molar-refractivity contribution is -0.125. The monoisotopic (exact) mass is 381 g/mol. The summed E-state index contributed by atoms with van der Waals surface area (Å²) >= 11 is 1.42. The van der Waals surface area contributed by atoms with Gasteiger partial charge >= 0.3 is 0 Å². The van der Waals surface area contributed by atoms with Crippen molar-refractivity contribution in [2.24, 2.45) is 5.10 Å². The second kappa shape index (κ2) is 8.68. The second-order valence-electron chi connectivity index (χ2n) is 6.03. The van der Waals surface area contributed by atoms with E-state index in [2.05, 4.69) is 23.7 Å². The number of hydrogen-bond acceptors (Lipinski definition) is 4. The molecule has 2 aromatic rings. The minimum Gasteiger partial charge on any atom is -0.285 e. The molecule has 1 atom stereocenters. The van der Waals surface area contributed by atoms with Crippen LogP contribution in [0.25, 0.3) is 5.70 Å². The van der Waals surface area contributed by atoms with Gasteiger partial charge in [-0.15, -0.1) is 11.7 Å². The number of nitrogens with one attached hydrogen (secondary N) is 1. The fraction of sp³-hybridized carbons (Fsp3) is 0.143. The summed E-state index contributed by atoms with van der Waals surface area (Å²) in [5.41, 5.74) is 5.24. The first-order valence-electron chi connectivity index (χ1n) is 8.50. The average Bonchev–Trinajstić information content (AvgIpc) is 2.97. The van der Waals surface area contributed by atoms with Crippen molar-refractivity contribution >= 4 is 28.5 Å². The fourth-order valence-corrected chi connectivity index (χ4v) is 3.83. The van der Waals surface area contributed by atoms with Crippen molar-refractivity contribution in [3.05, 3.63) is 90.8 Å². The molecule has 0 aromatic heterocycles. The zero-order chi connectivity index (χ0) is 19.2. The maximum Gasteiger partial charge on any atom is 0.242 e. The average molecular weight is 381 g/mol. The Morgan fingerprint density at radius 1 is 1.22 bits per heavy atom. The van der Waals surface area contributed by atoms with Crippen molar-refractivity contribution in [1.82, 2.24) is 10.3 Å². The van der Waals surface area contributed by atoms with E-state index >= 15 is 0 Å². The largest absolute Gasteiger partial charge is 0.285 e. The molecule has 1 saturated heterocycles. The third kappa shape index (κ3) is 4.65. The van der Waals surface area contributed by atoms with E-state index in [1.165, 1.54) is 23.9 Å². The van der Waals surface area contributed by atoms with Gasteiger partial charge in [0.25, 0.3) is 0 Å². The number of nitrogens with zero attached hydrogens (tertiary/aromatic N) is 2. The summed E-state index contributed by atoms with van der Waals surface area (Å²) in [7, 11) is 0. The van der Waals surface area contributed by atoms with E-state index in [1.807, 2.05) is 30.3 Å². The van der Waals surface area contributed by atoms with Crippen molar-refractivity contribution in [3.63, 3.8) is 0 Å². The Bertz CT molecular complexity index is 865. The summed E-state index contributed by atoms with van der Waals surface area (Å²) < 4.78 is 13.0. The zero-order valence-corrected chi connectivity index (χ0v) is 15.6. The predicted molar refractivity (Wildman–Crippen MR) is 109 cm³/mol. The van der Waals surface area contributed by atoms with Crippen LogP contribution in [0.1, 0.15) is 11.1 Å².